The number of furan rings is 1. The molecular formula is C31H18Br2ClFN4O4. The van der Waals surface area contributed by atoms with Crippen molar-refractivity contribution in [3.8, 4) is 17.3 Å². The molecule has 0 unspecified atom stereocenters. The number of fused-ring (bicyclic) bond motifs is 2. The van der Waals surface area contributed by atoms with Crippen LogP contribution in [0.1, 0.15) is 5.56 Å². The number of rotatable bonds is 7. The van der Waals surface area contributed by atoms with Gasteiger partial charge >= 0.3 is 0 Å². The standard InChI is InChI=1S/C31H18Br2ClFN4O4/c32-19-5-10-26-18(13-19)14-27(43-26)30-38-25-4-2-1-3-22(25)31(41)39(30)36-15-17-11-23(33)29(24(34)12-17)42-16-28(40)37-21-8-6-20(35)7-9-21/h1-15H,16H2,(H,37,40). The van der Waals surface area contributed by atoms with Gasteiger partial charge in [0.15, 0.2) is 18.1 Å². The molecular weight excluding hydrogens is 707 g/mol. The summed E-state index contributed by atoms with van der Waals surface area (Å²) in [5.74, 6) is -0.0189. The molecule has 0 fully saturated rings. The fourth-order valence-electron chi connectivity index (χ4n) is 4.30. The largest absolute Gasteiger partial charge is 0.481 e. The normalized spacial score (nSPS) is 11.4. The van der Waals surface area contributed by atoms with Crippen molar-refractivity contribution in [1.29, 1.82) is 0 Å². The summed E-state index contributed by atoms with van der Waals surface area (Å²) in [6.07, 6.45) is 1.46. The third-order valence-corrected chi connectivity index (χ3v) is 7.63. The van der Waals surface area contributed by atoms with Crippen LogP contribution in [-0.4, -0.2) is 28.4 Å². The summed E-state index contributed by atoms with van der Waals surface area (Å²) in [5.41, 5.74) is 1.73. The van der Waals surface area contributed by atoms with Crippen LogP contribution in [0, 0.1) is 5.82 Å². The van der Waals surface area contributed by atoms with Gasteiger partial charge in [-0.2, -0.15) is 9.78 Å². The zero-order valence-electron chi connectivity index (χ0n) is 21.9. The molecule has 0 atom stereocenters. The Balaban J connectivity index is 1.29. The van der Waals surface area contributed by atoms with Gasteiger partial charge in [0.2, 0.25) is 5.82 Å². The molecule has 6 rings (SSSR count). The van der Waals surface area contributed by atoms with Gasteiger partial charge in [-0.15, -0.1) is 0 Å². The Morgan fingerprint density at radius 1 is 1.07 bits per heavy atom. The molecule has 43 heavy (non-hydrogen) atoms. The Kier molecular flexibility index (Phi) is 8.11. The zero-order valence-corrected chi connectivity index (χ0v) is 25.8. The molecule has 214 valence electrons. The van der Waals surface area contributed by atoms with Gasteiger partial charge < -0.3 is 14.5 Å². The predicted molar refractivity (Wildman–Crippen MR) is 172 cm³/mol. The molecule has 0 aliphatic heterocycles. The number of benzene rings is 4. The van der Waals surface area contributed by atoms with Crippen molar-refractivity contribution in [3.63, 3.8) is 0 Å². The minimum atomic E-state index is -0.450. The number of amides is 1. The summed E-state index contributed by atoms with van der Waals surface area (Å²) in [5, 5.41) is 8.52. The van der Waals surface area contributed by atoms with Crippen molar-refractivity contribution in [2.45, 2.75) is 0 Å². The fourth-order valence-corrected chi connectivity index (χ4v) is 5.67. The minimum absolute atomic E-state index is 0.206. The summed E-state index contributed by atoms with van der Waals surface area (Å²) in [6.45, 7) is -0.335. The summed E-state index contributed by atoms with van der Waals surface area (Å²) >= 11 is 13.4. The highest BCUT2D eigenvalue weighted by molar-refractivity contribution is 9.10. The maximum absolute atomic E-state index is 13.5. The first-order valence-electron chi connectivity index (χ1n) is 12.7. The van der Waals surface area contributed by atoms with Crippen molar-refractivity contribution in [1.82, 2.24) is 9.66 Å². The Hall–Kier alpha value is -4.32. The van der Waals surface area contributed by atoms with E-state index in [4.69, 9.17) is 25.7 Å². The molecule has 8 nitrogen and oxygen atoms in total. The first-order chi connectivity index (χ1) is 20.7. The molecule has 1 amide bonds. The number of halogens is 4. The Labute approximate surface area is 265 Å². The van der Waals surface area contributed by atoms with Crippen molar-refractivity contribution < 1.29 is 18.3 Å². The molecule has 0 bridgehead atoms. The number of anilines is 1. The number of hydrogen-bond acceptors (Lipinski definition) is 6. The monoisotopic (exact) mass is 722 g/mol. The topological polar surface area (TPSA) is 98.7 Å². The van der Waals surface area contributed by atoms with E-state index in [0.717, 1.165) is 9.86 Å². The van der Waals surface area contributed by atoms with E-state index in [1.54, 1.807) is 42.5 Å². The van der Waals surface area contributed by atoms with Gasteiger partial charge in [0.1, 0.15) is 11.4 Å². The van der Waals surface area contributed by atoms with Crippen LogP contribution >= 0.6 is 43.5 Å². The second kappa shape index (κ2) is 12.1. The predicted octanol–water partition coefficient (Wildman–Crippen LogP) is 8.03. The highest BCUT2D eigenvalue weighted by Crippen LogP contribution is 2.34. The molecule has 0 aliphatic rings. The fraction of sp³-hybridized carbons (Fsp3) is 0.0323. The van der Waals surface area contributed by atoms with E-state index in [2.05, 4.69) is 42.3 Å². The molecule has 12 heteroatoms. The molecule has 2 heterocycles. The van der Waals surface area contributed by atoms with E-state index in [1.807, 2.05) is 18.2 Å². The Morgan fingerprint density at radius 2 is 1.86 bits per heavy atom. The number of para-hydroxylation sites is 1. The Morgan fingerprint density at radius 3 is 2.65 bits per heavy atom. The van der Waals surface area contributed by atoms with Gasteiger partial charge in [0.25, 0.3) is 11.5 Å². The number of carbonyl (C=O) groups is 1. The zero-order chi connectivity index (χ0) is 30.1. The van der Waals surface area contributed by atoms with Gasteiger partial charge in [0.05, 0.1) is 26.6 Å². The van der Waals surface area contributed by atoms with Crippen LogP contribution < -0.4 is 15.6 Å². The molecule has 0 aliphatic carbocycles. The number of nitrogens with one attached hydrogen (secondary N) is 1. The van der Waals surface area contributed by atoms with Gasteiger partial charge in [-0.1, -0.05) is 39.7 Å². The van der Waals surface area contributed by atoms with E-state index >= 15 is 0 Å². The van der Waals surface area contributed by atoms with E-state index < -0.39 is 11.7 Å². The number of nitrogens with zero attached hydrogens (tertiary/aromatic N) is 3. The van der Waals surface area contributed by atoms with Gasteiger partial charge in [-0.05, 0) is 94.3 Å². The van der Waals surface area contributed by atoms with Crippen LogP contribution in [0.4, 0.5) is 10.1 Å². The summed E-state index contributed by atoms with van der Waals surface area (Å²) < 4.78 is 27.3. The van der Waals surface area contributed by atoms with Crippen molar-refractivity contribution in [2.24, 2.45) is 5.10 Å². The van der Waals surface area contributed by atoms with Gasteiger partial charge in [0, 0.05) is 15.5 Å². The molecule has 6 aromatic rings. The maximum atomic E-state index is 13.5. The molecule has 0 spiro atoms. The van der Waals surface area contributed by atoms with Crippen LogP contribution in [0.2, 0.25) is 5.02 Å². The maximum Gasteiger partial charge on any atom is 0.282 e. The van der Waals surface area contributed by atoms with Crippen molar-refractivity contribution in [2.75, 3.05) is 11.9 Å². The molecule has 0 saturated carbocycles. The summed E-state index contributed by atoms with van der Waals surface area (Å²) in [6, 6.07) is 23.0. The molecule has 2 aromatic heterocycles. The first kappa shape index (κ1) is 28.8. The first-order valence-corrected chi connectivity index (χ1v) is 14.6. The summed E-state index contributed by atoms with van der Waals surface area (Å²) in [7, 11) is 0. The molecule has 0 radical (unpaired) electrons. The lowest BCUT2D eigenvalue weighted by atomic mass is 10.2. The van der Waals surface area contributed by atoms with Crippen LogP contribution in [0.5, 0.6) is 5.75 Å². The quantitative estimate of drug-likeness (QED) is 0.168. The Bertz CT molecular complexity index is 2090. The molecule has 0 saturated heterocycles. The second-order valence-electron chi connectivity index (χ2n) is 9.26. The van der Waals surface area contributed by atoms with E-state index in [0.29, 0.717) is 38.0 Å². The average Bonchev–Trinajstić information content (AvgIpc) is 3.40. The van der Waals surface area contributed by atoms with Gasteiger partial charge in [-0.25, -0.2) is 9.37 Å². The summed E-state index contributed by atoms with van der Waals surface area (Å²) in [4.78, 5) is 30.5. The lowest BCUT2D eigenvalue weighted by molar-refractivity contribution is -0.118. The minimum Gasteiger partial charge on any atom is -0.481 e. The molecule has 1 N–H and O–H groups in total. The van der Waals surface area contributed by atoms with Crippen LogP contribution in [-0.2, 0) is 4.79 Å². The number of carbonyl (C=O) groups excluding carboxylic acids is 1. The third-order valence-electron chi connectivity index (χ3n) is 6.27. The number of aromatic nitrogens is 2. The van der Waals surface area contributed by atoms with E-state index in [9.17, 15) is 14.0 Å². The second-order valence-corrected chi connectivity index (χ2v) is 11.4. The van der Waals surface area contributed by atoms with E-state index in [1.165, 1.54) is 35.2 Å². The van der Waals surface area contributed by atoms with Crippen LogP contribution in [0.3, 0.4) is 0 Å². The number of ether oxygens (including phenoxy) is 1. The SMILES string of the molecule is O=C(COc1c(Cl)cc(C=Nn2c(-c3cc4cc(Br)ccc4o3)nc3ccccc3c2=O)cc1Br)Nc1ccc(F)cc1. The lowest BCUT2D eigenvalue weighted by Crippen LogP contribution is -2.20. The third kappa shape index (κ3) is 6.24. The lowest BCUT2D eigenvalue weighted by Gasteiger charge is -2.11. The van der Waals surface area contributed by atoms with Crippen LogP contribution in [0.25, 0.3) is 33.5 Å². The smallest absolute Gasteiger partial charge is 0.282 e. The number of hydrogen-bond donors (Lipinski definition) is 1. The average molecular weight is 725 g/mol. The van der Waals surface area contributed by atoms with Gasteiger partial charge in [-0.3, -0.25) is 9.59 Å². The van der Waals surface area contributed by atoms with E-state index in [-0.39, 0.29) is 28.8 Å². The van der Waals surface area contributed by atoms with Crippen molar-refractivity contribution in [3.05, 3.63) is 121 Å². The molecule has 4 aromatic carbocycles. The highest BCUT2D eigenvalue weighted by atomic mass is 79.9. The van der Waals surface area contributed by atoms with Crippen LogP contribution in [0.15, 0.2) is 108 Å². The highest BCUT2D eigenvalue weighted by Gasteiger charge is 2.17. The van der Waals surface area contributed by atoms with Crippen molar-refractivity contribution >= 4 is 83.1 Å².